The molecule has 0 spiro atoms. The first kappa shape index (κ1) is 18.9. The fourth-order valence-electron chi connectivity index (χ4n) is 3.57. The van der Waals surface area contributed by atoms with E-state index in [0.717, 1.165) is 48.9 Å². The molecule has 2 heterocycles. The lowest BCUT2D eigenvalue weighted by Gasteiger charge is -2.36. The highest BCUT2D eigenvalue weighted by Crippen LogP contribution is 2.29. The molecule has 7 nitrogen and oxygen atoms in total. The number of nitrogens with zero attached hydrogens (tertiary/aromatic N) is 3. The first-order chi connectivity index (χ1) is 14.2. The lowest BCUT2D eigenvalue weighted by atomic mass is 10.1. The molecule has 29 heavy (non-hydrogen) atoms. The number of benzene rings is 2. The number of piperazine rings is 1. The number of H-pyrrole nitrogens is 1. The maximum atomic E-state index is 12.3. The summed E-state index contributed by atoms with van der Waals surface area (Å²) in [4.78, 5) is 24.3. The first-order valence-corrected chi connectivity index (χ1v) is 9.56. The molecule has 1 aliphatic rings. The summed E-state index contributed by atoms with van der Waals surface area (Å²) in [6.45, 7) is 3.13. The zero-order valence-corrected chi connectivity index (χ0v) is 16.6. The highest BCUT2D eigenvalue weighted by Gasteiger charge is 2.21. The van der Waals surface area contributed by atoms with Crippen LogP contribution in [0.15, 0.2) is 59.4 Å². The number of hydrogen-bond acceptors (Lipinski definition) is 6. The van der Waals surface area contributed by atoms with Crippen LogP contribution in [-0.2, 0) is 0 Å². The van der Waals surface area contributed by atoms with Crippen molar-refractivity contribution >= 4 is 11.6 Å². The summed E-state index contributed by atoms with van der Waals surface area (Å²) in [5.74, 6) is 2.19. The Morgan fingerprint density at radius 3 is 2.41 bits per heavy atom. The molecule has 1 fully saturated rings. The fraction of sp³-hybridized carbons (Fsp3) is 0.273. The average molecular weight is 392 g/mol. The standard InChI is InChI=1S/C22H24N4O3/c1-28-17-7-5-6-16(14-17)18-15-21(27)24-22(23-18)26-12-10-25(11-13-26)19-8-3-4-9-20(19)29-2/h3-9,14-15H,10-13H2,1-2H3,(H,23,24,27). The molecule has 150 valence electrons. The number of rotatable bonds is 5. The van der Waals surface area contributed by atoms with E-state index in [-0.39, 0.29) is 5.56 Å². The smallest absolute Gasteiger partial charge is 0.252 e. The molecule has 0 aliphatic carbocycles. The van der Waals surface area contributed by atoms with Crippen molar-refractivity contribution in [3.05, 3.63) is 65.0 Å². The molecule has 0 atom stereocenters. The minimum absolute atomic E-state index is 0.167. The molecule has 0 unspecified atom stereocenters. The monoisotopic (exact) mass is 392 g/mol. The van der Waals surface area contributed by atoms with Gasteiger partial charge in [-0.3, -0.25) is 9.78 Å². The zero-order chi connectivity index (χ0) is 20.2. The second kappa shape index (κ2) is 8.26. The van der Waals surface area contributed by atoms with Gasteiger partial charge >= 0.3 is 0 Å². The van der Waals surface area contributed by atoms with Crippen LogP contribution in [0.1, 0.15) is 0 Å². The maximum absolute atomic E-state index is 12.3. The minimum atomic E-state index is -0.167. The van der Waals surface area contributed by atoms with Crippen LogP contribution in [0.25, 0.3) is 11.3 Å². The van der Waals surface area contributed by atoms with Crippen molar-refractivity contribution in [3.63, 3.8) is 0 Å². The lowest BCUT2D eigenvalue weighted by molar-refractivity contribution is 0.413. The summed E-state index contributed by atoms with van der Waals surface area (Å²) >= 11 is 0. The van der Waals surface area contributed by atoms with Gasteiger partial charge in [0, 0.05) is 37.8 Å². The maximum Gasteiger partial charge on any atom is 0.252 e. The Morgan fingerprint density at radius 2 is 1.66 bits per heavy atom. The van der Waals surface area contributed by atoms with E-state index in [1.807, 2.05) is 42.5 Å². The summed E-state index contributed by atoms with van der Waals surface area (Å²) in [7, 11) is 3.31. The van der Waals surface area contributed by atoms with Crippen molar-refractivity contribution < 1.29 is 9.47 Å². The van der Waals surface area contributed by atoms with Gasteiger partial charge < -0.3 is 19.3 Å². The highest BCUT2D eigenvalue weighted by molar-refractivity contribution is 5.63. The average Bonchev–Trinajstić information content (AvgIpc) is 2.79. The highest BCUT2D eigenvalue weighted by atomic mass is 16.5. The Bertz CT molecular complexity index is 1040. The zero-order valence-electron chi connectivity index (χ0n) is 16.6. The quantitative estimate of drug-likeness (QED) is 0.720. The minimum Gasteiger partial charge on any atom is -0.497 e. The van der Waals surface area contributed by atoms with Crippen molar-refractivity contribution in [1.82, 2.24) is 9.97 Å². The van der Waals surface area contributed by atoms with Gasteiger partial charge in [-0.1, -0.05) is 24.3 Å². The van der Waals surface area contributed by atoms with Crippen molar-refractivity contribution in [1.29, 1.82) is 0 Å². The predicted octanol–water partition coefficient (Wildman–Crippen LogP) is 2.78. The predicted molar refractivity (Wildman–Crippen MR) is 114 cm³/mol. The molecular formula is C22H24N4O3. The Hall–Kier alpha value is -3.48. The van der Waals surface area contributed by atoms with Gasteiger partial charge in [0.2, 0.25) is 5.95 Å². The van der Waals surface area contributed by atoms with Gasteiger partial charge in [0.05, 0.1) is 25.6 Å². The van der Waals surface area contributed by atoms with Crippen molar-refractivity contribution in [3.8, 4) is 22.8 Å². The molecule has 3 aromatic rings. The number of nitrogens with one attached hydrogen (secondary N) is 1. The SMILES string of the molecule is COc1cccc(-c2cc(=O)[nH]c(N3CCN(c4ccccc4OC)CC3)n2)c1. The largest absolute Gasteiger partial charge is 0.497 e. The van der Waals surface area contributed by atoms with E-state index >= 15 is 0 Å². The second-order valence-electron chi connectivity index (χ2n) is 6.83. The van der Waals surface area contributed by atoms with E-state index in [2.05, 4.69) is 20.9 Å². The van der Waals surface area contributed by atoms with Crippen LogP contribution >= 0.6 is 0 Å². The molecule has 4 rings (SSSR count). The molecular weight excluding hydrogens is 368 g/mol. The van der Waals surface area contributed by atoms with Gasteiger partial charge in [-0.2, -0.15) is 0 Å². The van der Waals surface area contributed by atoms with Crippen LogP contribution in [0.2, 0.25) is 0 Å². The van der Waals surface area contributed by atoms with Crippen LogP contribution in [0.3, 0.4) is 0 Å². The van der Waals surface area contributed by atoms with Crippen LogP contribution in [0.5, 0.6) is 11.5 Å². The first-order valence-electron chi connectivity index (χ1n) is 9.56. The molecule has 1 saturated heterocycles. The van der Waals surface area contributed by atoms with E-state index < -0.39 is 0 Å². The van der Waals surface area contributed by atoms with Gasteiger partial charge in [0.1, 0.15) is 11.5 Å². The van der Waals surface area contributed by atoms with E-state index in [1.165, 1.54) is 6.07 Å². The number of anilines is 2. The molecule has 0 bridgehead atoms. The molecule has 7 heteroatoms. The molecule has 0 saturated carbocycles. The normalized spacial score (nSPS) is 14.0. The van der Waals surface area contributed by atoms with Gasteiger partial charge in [-0.25, -0.2) is 4.98 Å². The fourth-order valence-corrected chi connectivity index (χ4v) is 3.57. The topological polar surface area (TPSA) is 70.7 Å². The van der Waals surface area contributed by atoms with E-state index in [4.69, 9.17) is 14.5 Å². The van der Waals surface area contributed by atoms with Crippen LogP contribution < -0.4 is 24.8 Å². The lowest BCUT2D eigenvalue weighted by Crippen LogP contribution is -2.47. The third-order valence-corrected chi connectivity index (χ3v) is 5.10. The Kier molecular flexibility index (Phi) is 5.37. The number of para-hydroxylation sites is 2. The number of methoxy groups -OCH3 is 2. The number of aromatic amines is 1. The summed E-state index contributed by atoms with van der Waals surface area (Å²) in [5, 5.41) is 0. The summed E-state index contributed by atoms with van der Waals surface area (Å²) in [5.41, 5.74) is 2.40. The van der Waals surface area contributed by atoms with Crippen LogP contribution in [-0.4, -0.2) is 50.4 Å². The van der Waals surface area contributed by atoms with Gasteiger partial charge in [-0.15, -0.1) is 0 Å². The van der Waals surface area contributed by atoms with E-state index in [0.29, 0.717) is 11.6 Å². The molecule has 0 radical (unpaired) electrons. The number of hydrogen-bond donors (Lipinski definition) is 1. The molecule has 1 N–H and O–H groups in total. The van der Waals surface area contributed by atoms with Crippen molar-refractivity contribution in [2.45, 2.75) is 0 Å². The third kappa shape index (κ3) is 4.03. The molecule has 2 aromatic carbocycles. The van der Waals surface area contributed by atoms with Crippen molar-refractivity contribution in [2.24, 2.45) is 0 Å². The van der Waals surface area contributed by atoms with Gasteiger partial charge in [-0.05, 0) is 24.3 Å². The summed E-state index contributed by atoms with van der Waals surface area (Å²) in [6.07, 6.45) is 0. The second-order valence-corrected chi connectivity index (χ2v) is 6.83. The Labute approximate surface area is 169 Å². The number of aromatic nitrogens is 2. The summed E-state index contributed by atoms with van der Waals surface area (Å²) in [6, 6.07) is 17.1. The van der Waals surface area contributed by atoms with Crippen LogP contribution in [0, 0.1) is 0 Å². The molecule has 1 aromatic heterocycles. The Balaban J connectivity index is 1.54. The van der Waals surface area contributed by atoms with Gasteiger partial charge in [0.15, 0.2) is 0 Å². The van der Waals surface area contributed by atoms with E-state index in [9.17, 15) is 4.79 Å². The third-order valence-electron chi connectivity index (χ3n) is 5.10. The number of ether oxygens (including phenoxy) is 2. The van der Waals surface area contributed by atoms with Gasteiger partial charge in [0.25, 0.3) is 5.56 Å². The van der Waals surface area contributed by atoms with Crippen LogP contribution in [0.4, 0.5) is 11.6 Å². The molecule has 0 amide bonds. The summed E-state index contributed by atoms with van der Waals surface area (Å²) < 4.78 is 10.8. The Morgan fingerprint density at radius 1 is 0.897 bits per heavy atom. The molecule has 1 aliphatic heterocycles. The van der Waals surface area contributed by atoms with E-state index in [1.54, 1.807) is 14.2 Å². The van der Waals surface area contributed by atoms with Crippen molar-refractivity contribution in [2.75, 3.05) is 50.2 Å².